The minimum Gasteiger partial charge on any atom is -0.476 e. The highest BCUT2D eigenvalue weighted by molar-refractivity contribution is 5.87. The Bertz CT molecular complexity index is 619. The minimum absolute atomic E-state index is 0.0689. The molecule has 3 rings (SSSR count). The van der Waals surface area contributed by atoms with Crippen LogP contribution in [0.15, 0.2) is 12.5 Å². The van der Waals surface area contributed by atoms with E-state index in [9.17, 15) is 4.79 Å². The summed E-state index contributed by atoms with van der Waals surface area (Å²) in [5, 5.41) is 19.9. The monoisotopic (exact) mass is 231 g/mol. The summed E-state index contributed by atoms with van der Waals surface area (Å²) >= 11 is 0. The molecule has 0 fully saturated rings. The Labute approximate surface area is 96.1 Å². The fraction of sp³-hybridized carbons (Fsp3) is 0.200. The van der Waals surface area contributed by atoms with Gasteiger partial charge >= 0.3 is 5.97 Å². The number of anilines is 1. The lowest BCUT2D eigenvalue weighted by atomic mass is 10.2. The number of aromatic carboxylic acids is 1. The van der Waals surface area contributed by atoms with Gasteiger partial charge in [-0.3, -0.25) is 4.57 Å². The Balaban J connectivity index is 2.27. The van der Waals surface area contributed by atoms with E-state index in [1.54, 1.807) is 10.8 Å². The number of carboxylic acid groups (broad SMARTS) is 1. The first-order valence-electron chi connectivity index (χ1n) is 5.04. The predicted octanol–water partition coefficient (Wildman–Crippen LogP) is 0.594. The Kier molecular flexibility index (Phi) is 1.88. The molecule has 0 radical (unpaired) electrons. The molecule has 2 aromatic rings. The van der Waals surface area contributed by atoms with E-state index < -0.39 is 5.97 Å². The molecule has 0 saturated heterocycles. The van der Waals surface area contributed by atoms with E-state index in [2.05, 4.69) is 20.5 Å². The van der Waals surface area contributed by atoms with Crippen molar-refractivity contribution in [2.24, 2.45) is 0 Å². The van der Waals surface area contributed by atoms with Crippen LogP contribution >= 0.6 is 0 Å². The maximum atomic E-state index is 11.0. The van der Waals surface area contributed by atoms with Crippen LogP contribution in [0.2, 0.25) is 0 Å². The molecule has 0 spiro atoms. The molecule has 7 nitrogen and oxygen atoms in total. The third kappa shape index (κ3) is 1.28. The molecule has 17 heavy (non-hydrogen) atoms. The van der Waals surface area contributed by atoms with E-state index in [4.69, 9.17) is 5.11 Å². The molecular formula is C10H9N5O2. The van der Waals surface area contributed by atoms with Crippen molar-refractivity contribution in [1.82, 2.24) is 19.7 Å². The fourth-order valence-corrected chi connectivity index (χ4v) is 1.97. The number of rotatable bonds is 1. The van der Waals surface area contributed by atoms with Gasteiger partial charge in [-0.25, -0.2) is 9.78 Å². The largest absolute Gasteiger partial charge is 0.476 e. The molecule has 0 aromatic carbocycles. The van der Waals surface area contributed by atoms with E-state index in [1.165, 1.54) is 6.33 Å². The second kappa shape index (κ2) is 3.27. The first-order chi connectivity index (χ1) is 8.18. The number of imidazole rings is 1. The molecule has 0 aliphatic carbocycles. The van der Waals surface area contributed by atoms with Crippen molar-refractivity contribution >= 4 is 11.8 Å². The van der Waals surface area contributed by atoms with Gasteiger partial charge < -0.3 is 10.4 Å². The van der Waals surface area contributed by atoms with Gasteiger partial charge in [0.05, 0.1) is 24.1 Å². The van der Waals surface area contributed by atoms with Gasteiger partial charge in [-0.05, 0) is 12.5 Å². The Morgan fingerprint density at radius 2 is 2.41 bits per heavy atom. The average molecular weight is 231 g/mol. The van der Waals surface area contributed by atoms with E-state index in [1.807, 2.05) is 6.92 Å². The molecular weight excluding hydrogens is 222 g/mol. The molecule has 2 aromatic heterocycles. The molecule has 1 aliphatic rings. The summed E-state index contributed by atoms with van der Waals surface area (Å²) < 4.78 is 1.75. The summed E-state index contributed by atoms with van der Waals surface area (Å²) in [7, 11) is 0. The number of carboxylic acids is 1. The maximum Gasteiger partial charge on any atom is 0.356 e. The molecule has 0 bridgehead atoms. The number of fused-ring (bicyclic) bond motifs is 3. The van der Waals surface area contributed by atoms with Crippen molar-refractivity contribution in [3.05, 3.63) is 29.5 Å². The van der Waals surface area contributed by atoms with Gasteiger partial charge in [0.1, 0.15) is 6.33 Å². The van der Waals surface area contributed by atoms with Crippen LogP contribution in [0, 0.1) is 6.92 Å². The van der Waals surface area contributed by atoms with E-state index in [0.29, 0.717) is 18.1 Å². The zero-order valence-electron chi connectivity index (χ0n) is 9.01. The summed E-state index contributed by atoms with van der Waals surface area (Å²) in [5.74, 6) is -0.379. The molecule has 0 amide bonds. The quantitative estimate of drug-likeness (QED) is 0.746. The summed E-state index contributed by atoms with van der Waals surface area (Å²) in [6.45, 7) is 2.28. The summed E-state index contributed by atoms with van der Waals surface area (Å²) in [6, 6.07) is 0. The van der Waals surface area contributed by atoms with Gasteiger partial charge in [0.15, 0.2) is 11.5 Å². The summed E-state index contributed by atoms with van der Waals surface area (Å²) in [4.78, 5) is 14.9. The van der Waals surface area contributed by atoms with Crippen molar-refractivity contribution in [2.45, 2.75) is 13.5 Å². The van der Waals surface area contributed by atoms with Crippen LogP contribution in [0.4, 0.5) is 5.82 Å². The highest BCUT2D eigenvalue weighted by Gasteiger charge is 2.24. The second-order valence-corrected chi connectivity index (χ2v) is 3.79. The van der Waals surface area contributed by atoms with Crippen molar-refractivity contribution in [3.63, 3.8) is 0 Å². The molecule has 3 heterocycles. The number of hydrogen-bond acceptors (Lipinski definition) is 5. The predicted molar refractivity (Wildman–Crippen MR) is 58.2 cm³/mol. The molecule has 7 heteroatoms. The Hall–Kier alpha value is -2.44. The highest BCUT2D eigenvalue weighted by Crippen LogP contribution is 2.28. The fourth-order valence-electron chi connectivity index (χ4n) is 1.97. The lowest BCUT2D eigenvalue weighted by Gasteiger charge is -2.20. The number of carbonyl (C=O) groups is 1. The first kappa shape index (κ1) is 9.76. The van der Waals surface area contributed by atoms with Gasteiger partial charge in [0.2, 0.25) is 0 Å². The van der Waals surface area contributed by atoms with Crippen molar-refractivity contribution in [3.8, 4) is 5.69 Å². The van der Waals surface area contributed by atoms with Crippen LogP contribution in [0.5, 0.6) is 0 Å². The number of aromatic nitrogens is 4. The average Bonchev–Trinajstić information content (AvgIpc) is 2.72. The Morgan fingerprint density at radius 1 is 1.59 bits per heavy atom. The molecule has 2 N–H and O–H groups in total. The molecule has 0 saturated carbocycles. The van der Waals surface area contributed by atoms with Crippen LogP contribution in [-0.2, 0) is 6.54 Å². The molecule has 1 aliphatic heterocycles. The van der Waals surface area contributed by atoms with Crippen LogP contribution in [0.25, 0.3) is 5.69 Å². The lowest BCUT2D eigenvalue weighted by molar-refractivity contribution is 0.0690. The van der Waals surface area contributed by atoms with Crippen molar-refractivity contribution in [2.75, 3.05) is 5.32 Å². The smallest absolute Gasteiger partial charge is 0.356 e. The number of aryl methyl sites for hydroxylation is 1. The standard InChI is InChI=1S/C10H9N5O2/c1-5-2-13-14-9-8(5)15-4-12-7(10(16)17)6(15)3-11-9/h2,4H,3H2,1H3,(H,11,14)(H,16,17). The number of hydrogen-bond donors (Lipinski definition) is 2. The van der Waals surface area contributed by atoms with E-state index in [0.717, 1.165) is 11.3 Å². The topological polar surface area (TPSA) is 92.9 Å². The number of nitrogens with zero attached hydrogens (tertiary/aromatic N) is 4. The number of nitrogens with one attached hydrogen (secondary N) is 1. The van der Waals surface area contributed by atoms with Gasteiger partial charge in [-0.2, -0.15) is 5.10 Å². The van der Waals surface area contributed by atoms with Crippen molar-refractivity contribution in [1.29, 1.82) is 0 Å². The maximum absolute atomic E-state index is 11.0. The zero-order chi connectivity index (χ0) is 12.0. The molecule has 86 valence electrons. The molecule has 0 atom stereocenters. The molecule has 0 unspecified atom stereocenters. The lowest BCUT2D eigenvalue weighted by Crippen LogP contribution is -2.19. The van der Waals surface area contributed by atoms with Crippen LogP contribution in [0.1, 0.15) is 21.7 Å². The van der Waals surface area contributed by atoms with Crippen molar-refractivity contribution < 1.29 is 9.90 Å². The zero-order valence-corrected chi connectivity index (χ0v) is 9.01. The second-order valence-electron chi connectivity index (χ2n) is 3.79. The van der Waals surface area contributed by atoms with Gasteiger partial charge in [-0.1, -0.05) is 0 Å². The van der Waals surface area contributed by atoms with Gasteiger partial charge in [0.25, 0.3) is 0 Å². The van der Waals surface area contributed by atoms with Gasteiger partial charge in [-0.15, -0.1) is 5.10 Å². The summed E-state index contributed by atoms with van der Waals surface area (Å²) in [6.07, 6.45) is 3.14. The minimum atomic E-state index is -1.02. The first-order valence-corrected chi connectivity index (χ1v) is 5.04. The van der Waals surface area contributed by atoms with E-state index in [-0.39, 0.29) is 5.69 Å². The highest BCUT2D eigenvalue weighted by atomic mass is 16.4. The van der Waals surface area contributed by atoms with Crippen LogP contribution in [-0.4, -0.2) is 30.8 Å². The van der Waals surface area contributed by atoms with Gasteiger partial charge in [0, 0.05) is 0 Å². The van der Waals surface area contributed by atoms with Crippen LogP contribution < -0.4 is 5.32 Å². The third-order valence-corrected chi connectivity index (χ3v) is 2.74. The SMILES string of the molecule is Cc1cnnc2c1-n1cnc(C(=O)O)c1CN2. The Morgan fingerprint density at radius 3 is 3.18 bits per heavy atom. The van der Waals surface area contributed by atoms with E-state index >= 15 is 0 Å². The third-order valence-electron chi connectivity index (χ3n) is 2.74. The van der Waals surface area contributed by atoms with Crippen LogP contribution in [0.3, 0.4) is 0 Å². The summed E-state index contributed by atoms with van der Waals surface area (Å²) in [5.41, 5.74) is 2.42. The normalized spacial score (nSPS) is 12.5.